The topological polar surface area (TPSA) is 30.0 Å². The summed E-state index contributed by atoms with van der Waals surface area (Å²) >= 11 is 11.4. The molecular weight excluding hydrogens is 233 g/mol. The van der Waals surface area contributed by atoms with Crippen molar-refractivity contribution in [1.29, 1.82) is 0 Å². The minimum Gasteiger partial charge on any atom is -0.292 e. The number of carbonyl (C=O) groups is 1. The van der Waals surface area contributed by atoms with Gasteiger partial charge in [0.2, 0.25) is 0 Å². The van der Waals surface area contributed by atoms with E-state index in [2.05, 4.69) is 4.98 Å². The molecule has 15 heavy (non-hydrogen) atoms. The molecule has 0 spiro atoms. The van der Waals surface area contributed by atoms with Crippen LogP contribution in [0, 0.1) is 5.92 Å². The Morgan fingerprint density at radius 1 is 1.27 bits per heavy atom. The van der Waals surface area contributed by atoms with Crippen molar-refractivity contribution in [2.24, 2.45) is 5.92 Å². The Labute approximate surface area is 101 Å². The van der Waals surface area contributed by atoms with Crippen LogP contribution in [-0.4, -0.2) is 10.8 Å². The summed E-state index contributed by atoms with van der Waals surface area (Å²) in [7, 11) is 0. The highest BCUT2D eigenvalue weighted by molar-refractivity contribution is 6.34. The smallest absolute Gasteiger partial charge is 0.185 e. The lowest BCUT2D eigenvalue weighted by atomic mass is 10.1. The monoisotopic (exact) mass is 247 g/mol. The maximum absolute atomic E-state index is 11.5. The number of pyridine rings is 1. The number of hydrogen-bond donors (Lipinski definition) is 0. The van der Waals surface area contributed by atoms with Gasteiger partial charge in [-0.15, -0.1) is 0 Å². The highest BCUT2D eigenvalue weighted by Gasteiger charge is 2.15. The van der Waals surface area contributed by atoms with E-state index in [0.717, 1.165) is 0 Å². The van der Waals surface area contributed by atoms with Crippen LogP contribution < -0.4 is 0 Å². The van der Waals surface area contributed by atoms with Gasteiger partial charge in [-0.05, 0) is 12.1 Å². The molecule has 2 nitrogen and oxygen atoms in total. The van der Waals surface area contributed by atoms with Crippen LogP contribution in [0.15, 0.2) is 12.1 Å². The molecule has 0 atom stereocenters. The molecule has 0 amide bonds. The highest BCUT2D eigenvalue weighted by Crippen LogP contribution is 2.19. The Morgan fingerprint density at radius 3 is 2.27 bits per heavy atom. The van der Waals surface area contributed by atoms with E-state index in [-0.39, 0.29) is 22.5 Å². The molecule has 0 saturated heterocycles. The van der Waals surface area contributed by atoms with Crippen molar-refractivity contribution in [3.8, 4) is 0 Å². The molecule has 0 aliphatic rings. The minimum absolute atomic E-state index is 0.0903. The largest absolute Gasteiger partial charge is 0.292 e. The molecule has 84 valence electrons. The lowest BCUT2D eigenvalue weighted by Gasteiger charge is -2.04. The summed E-state index contributed by atoms with van der Waals surface area (Å²) in [5, 5.41) is 0.636. The molecule has 0 bridgehead atoms. The van der Waals surface area contributed by atoms with Gasteiger partial charge in [0.05, 0.1) is 5.02 Å². The van der Waals surface area contributed by atoms with Crippen molar-refractivity contribution in [3.05, 3.63) is 28.0 Å². The van der Waals surface area contributed by atoms with Crippen LogP contribution in [-0.2, 0) is 0 Å². The van der Waals surface area contributed by atoms with Gasteiger partial charge in [-0.3, -0.25) is 4.79 Å². The van der Waals surface area contributed by atoms with Gasteiger partial charge in [0.1, 0.15) is 10.8 Å². The third kappa shape index (κ3) is 4.18. The molecule has 0 aliphatic heterocycles. The summed E-state index contributed by atoms with van der Waals surface area (Å²) in [6, 6.07) is 3.13. The molecule has 1 heterocycles. The first-order valence-corrected chi connectivity index (χ1v) is 5.64. The summed E-state index contributed by atoms with van der Waals surface area (Å²) in [6.07, 6.45) is 0. The van der Waals surface area contributed by atoms with Gasteiger partial charge in [-0.1, -0.05) is 50.9 Å². The predicted molar refractivity (Wildman–Crippen MR) is 64.8 cm³/mol. The third-order valence-corrected chi connectivity index (χ3v) is 2.09. The SMILES string of the molecule is CC.CC(C)C(=O)c1nc(Cl)ccc1Cl. The van der Waals surface area contributed by atoms with Crippen molar-refractivity contribution < 1.29 is 4.79 Å². The molecule has 4 heteroatoms. The zero-order valence-corrected chi connectivity index (χ0v) is 10.9. The molecular formula is C11H15Cl2NO. The number of nitrogens with zero attached hydrogens (tertiary/aromatic N) is 1. The van der Waals surface area contributed by atoms with Crippen LogP contribution in [0.25, 0.3) is 0 Å². The average Bonchev–Trinajstić information content (AvgIpc) is 2.23. The summed E-state index contributed by atoms with van der Waals surface area (Å²) in [5.41, 5.74) is 0.254. The number of ketones is 1. The number of halogens is 2. The van der Waals surface area contributed by atoms with Crippen molar-refractivity contribution in [3.63, 3.8) is 0 Å². The molecule has 1 aromatic heterocycles. The normalized spacial score (nSPS) is 9.53. The number of aromatic nitrogens is 1. The highest BCUT2D eigenvalue weighted by atomic mass is 35.5. The lowest BCUT2D eigenvalue weighted by molar-refractivity contribution is 0.0934. The summed E-state index contributed by atoms with van der Waals surface area (Å²) in [4.78, 5) is 15.4. The van der Waals surface area contributed by atoms with E-state index in [9.17, 15) is 4.79 Å². The van der Waals surface area contributed by atoms with E-state index in [4.69, 9.17) is 23.2 Å². The van der Waals surface area contributed by atoms with Crippen molar-refractivity contribution in [2.75, 3.05) is 0 Å². The fourth-order valence-corrected chi connectivity index (χ4v) is 1.21. The fraction of sp³-hybridized carbons (Fsp3) is 0.455. The van der Waals surface area contributed by atoms with Crippen LogP contribution >= 0.6 is 23.2 Å². The molecule has 0 radical (unpaired) electrons. The van der Waals surface area contributed by atoms with Gasteiger partial charge in [0.15, 0.2) is 5.78 Å². The molecule has 1 aromatic rings. The first-order valence-electron chi connectivity index (χ1n) is 4.88. The van der Waals surface area contributed by atoms with Gasteiger partial charge in [0.25, 0.3) is 0 Å². The van der Waals surface area contributed by atoms with E-state index in [1.54, 1.807) is 26.0 Å². The summed E-state index contributed by atoms with van der Waals surface area (Å²) < 4.78 is 0. The number of hydrogen-bond acceptors (Lipinski definition) is 2. The van der Waals surface area contributed by atoms with E-state index < -0.39 is 0 Å². The molecule has 0 unspecified atom stereocenters. The zero-order chi connectivity index (χ0) is 12.0. The molecule has 0 aliphatic carbocycles. The standard InChI is InChI=1S/C9H9Cl2NO.C2H6/c1-5(2)9(13)8-6(10)3-4-7(11)12-8;1-2/h3-5H,1-2H3;1-2H3. The second-order valence-electron chi connectivity index (χ2n) is 2.98. The van der Waals surface area contributed by atoms with E-state index in [0.29, 0.717) is 5.02 Å². The van der Waals surface area contributed by atoms with Gasteiger partial charge in [-0.2, -0.15) is 0 Å². The van der Waals surface area contributed by atoms with Crippen molar-refractivity contribution >= 4 is 29.0 Å². The Balaban J connectivity index is 0.000000921. The van der Waals surface area contributed by atoms with Gasteiger partial charge in [0, 0.05) is 5.92 Å². The number of carbonyl (C=O) groups excluding carboxylic acids is 1. The Kier molecular flexibility index (Phi) is 6.53. The van der Waals surface area contributed by atoms with E-state index >= 15 is 0 Å². The predicted octanol–water partition coefficient (Wildman–Crippen LogP) is 4.25. The first kappa shape index (κ1) is 14.4. The van der Waals surface area contributed by atoms with Crippen molar-refractivity contribution in [1.82, 2.24) is 4.98 Å². The molecule has 0 aromatic carbocycles. The average molecular weight is 248 g/mol. The zero-order valence-electron chi connectivity index (χ0n) is 9.34. The molecule has 0 fully saturated rings. The third-order valence-electron chi connectivity index (χ3n) is 1.57. The second kappa shape index (κ2) is 6.81. The molecule has 1 rings (SSSR count). The maximum atomic E-state index is 11.5. The van der Waals surface area contributed by atoms with Crippen molar-refractivity contribution in [2.45, 2.75) is 27.7 Å². The van der Waals surface area contributed by atoms with Crippen LogP contribution in [0.2, 0.25) is 10.2 Å². The van der Waals surface area contributed by atoms with Gasteiger partial charge >= 0.3 is 0 Å². The van der Waals surface area contributed by atoms with E-state index in [1.807, 2.05) is 13.8 Å². The maximum Gasteiger partial charge on any atom is 0.185 e. The van der Waals surface area contributed by atoms with Gasteiger partial charge < -0.3 is 0 Å². The molecule has 0 N–H and O–H groups in total. The Bertz CT molecular complexity index is 337. The quantitative estimate of drug-likeness (QED) is 0.578. The first-order chi connectivity index (χ1) is 7.02. The molecule has 0 saturated carbocycles. The van der Waals surface area contributed by atoms with Gasteiger partial charge in [-0.25, -0.2) is 4.98 Å². The van der Waals surface area contributed by atoms with Crippen LogP contribution in [0.5, 0.6) is 0 Å². The van der Waals surface area contributed by atoms with Crippen LogP contribution in [0.3, 0.4) is 0 Å². The van der Waals surface area contributed by atoms with E-state index in [1.165, 1.54) is 0 Å². The van der Waals surface area contributed by atoms with Crippen LogP contribution in [0.1, 0.15) is 38.2 Å². The fourth-order valence-electron chi connectivity index (χ4n) is 0.865. The Hall–Kier alpha value is -0.600. The lowest BCUT2D eigenvalue weighted by Crippen LogP contribution is -2.10. The summed E-state index contributed by atoms with van der Waals surface area (Å²) in [5.74, 6) is -0.212. The summed E-state index contributed by atoms with van der Waals surface area (Å²) in [6.45, 7) is 7.59. The Morgan fingerprint density at radius 2 is 1.80 bits per heavy atom. The number of rotatable bonds is 2. The second-order valence-corrected chi connectivity index (χ2v) is 3.78. The number of Topliss-reactive ketones (excluding diaryl/α,β-unsaturated/α-hetero) is 1. The van der Waals surface area contributed by atoms with Crippen LogP contribution in [0.4, 0.5) is 0 Å². The minimum atomic E-state index is -0.122.